The first kappa shape index (κ1) is 11.6. The highest BCUT2D eigenvalue weighted by molar-refractivity contribution is 5.71. The number of ether oxygens (including phenoxy) is 1. The standard InChI is InChI=1S/C10H11F2NO2/c1-15-10(14)6-13-5-7-4-8(11)2-3-9(7)12/h2-4,13H,5-6H2,1H3. The molecule has 0 saturated carbocycles. The van der Waals surface area contributed by atoms with E-state index in [0.717, 1.165) is 18.2 Å². The quantitative estimate of drug-likeness (QED) is 0.767. The van der Waals surface area contributed by atoms with E-state index in [2.05, 4.69) is 10.1 Å². The van der Waals surface area contributed by atoms with Crippen molar-refractivity contribution in [2.75, 3.05) is 13.7 Å². The van der Waals surface area contributed by atoms with Crippen LogP contribution in [0.15, 0.2) is 18.2 Å². The summed E-state index contributed by atoms with van der Waals surface area (Å²) < 4.78 is 30.1. The SMILES string of the molecule is COC(=O)CNCc1cc(F)ccc1F. The molecule has 3 nitrogen and oxygen atoms in total. The topological polar surface area (TPSA) is 38.3 Å². The van der Waals surface area contributed by atoms with Gasteiger partial charge in [-0.1, -0.05) is 0 Å². The Morgan fingerprint density at radius 2 is 2.20 bits per heavy atom. The number of carbonyl (C=O) groups excluding carboxylic acids is 1. The smallest absolute Gasteiger partial charge is 0.319 e. The van der Waals surface area contributed by atoms with E-state index in [0.29, 0.717) is 0 Å². The maximum Gasteiger partial charge on any atom is 0.319 e. The molecule has 1 N–H and O–H groups in total. The van der Waals surface area contributed by atoms with Gasteiger partial charge in [-0.25, -0.2) is 8.78 Å². The molecule has 0 radical (unpaired) electrons. The van der Waals surface area contributed by atoms with Crippen LogP contribution in [-0.2, 0) is 16.1 Å². The number of rotatable bonds is 4. The highest BCUT2D eigenvalue weighted by Crippen LogP contribution is 2.08. The Hall–Kier alpha value is -1.49. The molecule has 15 heavy (non-hydrogen) atoms. The van der Waals surface area contributed by atoms with Crippen molar-refractivity contribution in [3.63, 3.8) is 0 Å². The van der Waals surface area contributed by atoms with Crippen molar-refractivity contribution in [2.24, 2.45) is 0 Å². The molecule has 1 rings (SSSR count). The van der Waals surface area contributed by atoms with Crippen molar-refractivity contribution >= 4 is 5.97 Å². The first-order chi connectivity index (χ1) is 7.13. The fraction of sp³-hybridized carbons (Fsp3) is 0.300. The molecule has 1 aromatic carbocycles. The number of benzene rings is 1. The van der Waals surface area contributed by atoms with E-state index in [9.17, 15) is 13.6 Å². The minimum absolute atomic E-state index is 0.0353. The highest BCUT2D eigenvalue weighted by atomic mass is 19.1. The largest absolute Gasteiger partial charge is 0.468 e. The Labute approximate surface area is 86.0 Å². The summed E-state index contributed by atoms with van der Waals surface area (Å²) in [6.07, 6.45) is 0. The Bertz CT molecular complexity index is 355. The predicted molar refractivity (Wildman–Crippen MR) is 50.1 cm³/mol. The van der Waals surface area contributed by atoms with Gasteiger partial charge in [-0.15, -0.1) is 0 Å². The van der Waals surface area contributed by atoms with Crippen LogP contribution in [0.3, 0.4) is 0 Å². The zero-order valence-corrected chi connectivity index (χ0v) is 8.22. The molecule has 5 heteroatoms. The summed E-state index contributed by atoms with van der Waals surface area (Å²) in [5.74, 6) is -1.47. The number of nitrogens with one attached hydrogen (secondary N) is 1. The second kappa shape index (κ2) is 5.41. The third-order valence-electron chi connectivity index (χ3n) is 1.82. The number of hydrogen-bond acceptors (Lipinski definition) is 3. The summed E-state index contributed by atoms with van der Waals surface area (Å²) in [6, 6.07) is 3.17. The molecule has 1 aromatic rings. The Morgan fingerprint density at radius 1 is 1.47 bits per heavy atom. The molecule has 0 spiro atoms. The molecule has 0 bridgehead atoms. The molecule has 0 saturated heterocycles. The third kappa shape index (κ3) is 3.63. The molecule has 82 valence electrons. The van der Waals surface area contributed by atoms with Crippen molar-refractivity contribution in [2.45, 2.75) is 6.54 Å². The van der Waals surface area contributed by atoms with Crippen molar-refractivity contribution in [3.8, 4) is 0 Å². The van der Waals surface area contributed by atoms with E-state index in [1.807, 2.05) is 0 Å². The molecular weight excluding hydrogens is 204 g/mol. The van der Waals surface area contributed by atoms with Gasteiger partial charge in [-0.3, -0.25) is 4.79 Å². The van der Waals surface area contributed by atoms with Crippen molar-refractivity contribution in [3.05, 3.63) is 35.4 Å². The lowest BCUT2D eigenvalue weighted by Gasteiger charge is -2.04. The summed E-state index contributed by atoms with van der Waals surface area (Å²) in [7, 11) is 1.26. The zero-order chi connectivity index (χ0) is 11.3. The van der Waals surface area contributed by atoms with Gasteiger partial charge in [-0.2, -0.15) is 0 Å². The van der Waals surface area contributed by atoms with Crippen molar-refractivity contribution in [1.29, 1.82) is 0 Å². The van der Waals surface area contributed by atoms with E-state index >= 15 is 0 Å². The van der Waals surface area contributed by atoms with Gasteiger partial charge in [0.05, 0.1) is 13.7 Å². The van der Waals surface area contributed by atoms with E-state index in [-0.39, 0.29) is 18.7 Å². The first-order valence-electron chi connectivity index (χ1n) is 4.35. The summed E-state index contributed by atoms with van der Waals surface area (Å²) >= 11 is 0. The average molecular weight is 215 g/mol. The lowest BCUT2D eigenvalue weighted by molar-refractivity contribution is -0.139. The summed E-state index contributed by atoms with van der Waals surface area (Å²) in [5, 5.41) is 2.64. The van der Waals surface area contributed by atoms with Gasteiger partial charge in [0.2, 0.25) is 0 Å². The molecule has 0 aliphatic carbocycles. The number of methoxy groups -OCH3 is 1. The van der Waals surface area contributed by atoms with Crippen molar-refractivity contribution in [1.82, 2.24) is 5.32 Å². The van der Waals surface area contributed by atoms with Crippen LogP contribution in [0.25, 0.3) is 0 Å². The predicted octanol–water partition coefficient (Wildman–Crippen LogP) is 1.23. The van der Waals surface area contributed by atoms with Crippen LogP contribution in [0.1, 0.15) is 5.56 Å². The third-order valence-corrected chi connectivity index (χ3v) is 1.82. The Kier molecular flexibility index (Phi) is 4.17. The van der Waals surface area contributed by atoms with Crippen LogP contribution >= 0.6 is 0 Å². The molecule has 0 atom stereocenters. The second-order valence-corrected chi connectivity index (χ2v) is 2.92. The van der Waals surface area contributed by atoms with Gasteiger partial charge in [0, 0.05) is 12.1 Å². The lowest BCUT2D eigenvalue weighted by Crippen LogP contribution is -2.23. The van der Waals surface area contributed by atoms with E-state index in [1.54, 1.807) is 0 Å². The van der Waals surface area contributed by atoms with Crippen LogP contribution < -0.4 is 5.32 Å². The minimum atomic E-state index is -0.508. The molecule has 0 aliphatic heterocycles. The van der Waals surface area contributed by atoms with Crippen LogP contribution in [0.2, 0.25) is 0 Å². The normalized spacial score (nSPS) is 10.1. The lowest BCUT2D eigenvalue weighted by atomic mass is 10.2. The number of carbonyl (C=O) groups is 1. The van der Waals surface area contributed by atoms with E-state index < -0.39 is 17.6 Å². The first-order valence-corrected chi connectivity index (χ1v) is 4.35. The molecule has 0 fully saturated rings. The fourth-order valence-electron chi connectivity index (χ4n) is 1.05. The maximum absolute atomic E-state index is 13.1. The van der Waals surface area contributed by atoms with Crippen LogP contribution in [0.5, 0.6) is 0 Å². The van der Waals surface area contributed by atoms with Gasteiger partial charge < -0.3 is 10.1 Å². The van der Waals surface area contributed by atoms with E-state index in [4.69, 9.17) is 0 Å². The summed E-state index contributed by atoms with van der Waals surface area (Å²) in [4.78, 5) is 10.7. The second-order valence-electron chi connectivity index (χ2n) is 2.92. The van der Waals surface area contributed by atoms with E-state index in [1.165, 1.54) is 7.11 Å². The average Bonchev–Trinajstić information content (AvgIpc) is 2.23. The molecule has 0 heterocycles. The van der Waals surface area contributed by atoms with Gasteiger partial charge >= 0.3 is 5.97 Å². The Balaban J connectivity index is 2.50. The summed E-state index contributed by atoms with van der Waals surface area (Å²) in [5.41, 5.74) is 0.180. The number of hydrogen-bond donors (Lipinski definition) is 1. The summed E-state index contributed by atoms with van der Waals surface area (Å²) in [6.45, 7) is 0.0468. The fourth-order valence-corrected chi connectivity index (χ4v) is 1.05. The molecule has 0 amide bonds. The van der Waals surface area contributed by atoms with Gasteiger partial charge in [0.25, 0.3) is 0 Å². The molecular formula is C10H11F2NO2. The van der Waals surface area contributed by atoms with Gasteiger partial charge in [-0.05, 0) is 18.2 Å². The Morgan fingerprint density at radius 3 is 2.87 bits per heavy atom. The number of esters is 1. The zero-order valence-electron chi connectivity index (χ0n) is 8.22. The van der Waals surface area contributed by atoms with Crippen LogP contribution in [0.4, 0.5) is 8.78 Å². The van der Waals surface area contributed by atoms with Crippen molar-refractivity contribution < 1.29 is 18.3 Å². The number of halogens is 2. The molecule has 0 unspecified atom stereocenters. The highest BCUT2D eigenvalue weighted by Gasteiger charge is 2.04. The van der Waals surface area contributed by atoms with Gasteiger partial charge in [0.15, 0.2) is 0 Å². The molecule has 0 aromatic heterocycles. The van der Waals surface area contributed by atoms with Gasteiger partial charge in [0.1, 0.15) is 11.6 Å². The minimum Gasteiger partial charge on any atom is -0.468 e. The molecule has 0 aliphatic rings. The maximum atomic E-state index is 13.1. The monoisotopic (exact) mass is 215 g/mol. The van der Waals surface area contributed by atoms with Crippen LogP contribution in [-0.4, -0.2) is 19.6 Å². The van der Waals surface area contributed by atoms with Crippen LogP contribution in [0, 0.1) is 11.6 Å².